The Kier molecular flexibility index (Phi) is 4.11. The molecule has 0 bridgehead atoms. The van der Waals surface area contributed by atoms with E-state index in [-0.39, 0.29) is 0 Å². The summed E-state index contributed by atoms with van der Waals surface area (Å²) in [4.78, 5) is 4.19. The van der Waals surface area contributed by atoms with Crippen molar-refractivity contribution in [3.05, 3.63) is 48.0 Å². The van der Waals surface area contributed by atoms with Gasteiger partial charge < -0.3 is 5.11 Å². The van der Waals surface area contributed by atoms with Crippen molar-refractivity contribution in [3.8, 4) is 0 Å². The Balaban J connectivity index is 1.65. The molecule has 4 heteroatoms. The summed E-state index contributed by atoms with van der Waals surface area (Å²) < 4.78 is 2.08. The molecule has 4 nitrogen and oxygen atoms in total. The minimum absolute atomic E-state index is 0.525. The van der Waals surface area contributed by atoms with Crippen LogP contribution in [0.3, 0.4) is 0 Å². The third kappa shape index (κ3) is 3.07. The minimum Gasteiger partial charge on any atom is -0.386 e. The van der Waals surface area contributed by atoms with Gasteiger partial charge in [-0.15, -0.1) is 0 Å². The quantitative estimate of drug-likeness (QED) is 0.929. The SMILES string of the molecule is OC(Cc1ccn(C2CCCCC2)n1)c1ccccn1. The van der Waals surface area contributed by atoms with Crippen LogP contribution in [0.4, 0.5) is 0 Å². The first-order chi connectivity index (χ1) is 9.83. The van der Waals surface area contributed by atoms with E-state index in [2.05, 4.69) is 21.0 Å². The zero-order valence-corrected chi connectivity index (χ0v) is 11.7. The maximum absolute atomic E-state index is 10.2. The summed E-state index contributed by atoms with van der Waals surface area (Å²) in [5, 5.41) is 14.8. The molecule has 0 amide bonds. The first-order valence-electron chi connectivity index (χ1n) is 7.46. The van der Waals surface area contributed by atoms with Crippen LogP contribution in [0.5, 0.6) is 0 Å². The summed E-state index contributed by atoms with van der Waals surface area (Å²) in [5.41, 5.74) is 1.65. The predicted molar refractivity (Wildman–Crippen MR) is 77.2 cm³/mol. The molecule has 1 saturated carbocycles. The van der Waals surface area contributed by atoms with Crippen LogP contribution in [0.1, 0.15) is 55.6 Å². The van der Waals surface area contributed by atoms with Gasteiger partial charge in [0.05, 0.1) is 17.4 Å². The summed E-state index contributed by atoms with van der Waals surface area (Å²) >= 11 is 0. The average molecular weight is 271 g/mol. The second-order valence-electron chi connectivity index (χ2n) is 5.55. The van der Waals surface area contributed by atoms with Crippen molar-refractivity contribution in [2.75, 3.05) is 0 Å². The molecule has 2 heterocycles. The molecule has 0 radical (unpaired) electrons. The largest absolute Gasteiger partial charge is 0.386 e. The van der Waals surface area contributed by atoms with Crippen LogP contribution in [-0.4, -0.2) is 19.9 Å². The zero-order chi connectivity index (χ0) is 13.8. The van der Waals surface area contributed by atoms with Gasteiger partial charge in [0.25, 0.3) is 0 Å². The Labute approximate surface area is 119 Å². The first kappa shape index (κ1) is 13.3. The van der Waals surface area contributed by atoms with Gasteiger partial charge in [-0.1, -0.05) is 25.3 Å². The highest BCUT2D eigenvalue weighted by Gasteiger charge is 2.17. The molecule has 1 unspecified atom stereocenters. The van der Waals surface area contributed by atoms with E-state index < -0.39 is 6.10 Å². The third-order valence-corrected chi connectivity index (χ3v) is 4.04. The predicted octanol–water partition coefficient (Wildman–Crippen LogP) is 3.06. The van der Waals surface area contributed by atoms with E-state index in [9.17, 15) is 5.11 Å². The molecule has 1 aliphatic carbocycles. The van der Waals surface area contributed by atoms with Crippen LogP contribution in [0, 0.1) is 0 Å². The highest BCUT2D eigenvalue weighted by Crippen LogP contribution is 2.27. The molecule has 0 saturated heterocycles. The Hall–Kier alpha value is -1.68. The van der Waals surface area contributed by atoms with Gasteiger partial charge in [-0.3, -0.25) is 9.67 Å². The lowest BCUT2D eigenvalue weighted by Gasteiger charge is -2.21. The number of nitrogens with zero attached hydrogens (tertiary/aromatic N) is 3. The summed E-state index contributed by atoms with van der Waals surface area (Å²) in [7, 11) is 0. The molecule has 2 aromatic heterocycles. The Morgan fingerprint density at radius 2 is 2.05 bits per heavy atom. The number of hydrogen-bond donors (Lipinski definition) is 1. The van der Waals surface area contributed by atoms with Crippen molar-refractivity contribution >= 4 is 0 Å². The molecule has 0 aromatic carbocycles. The van der Waals surface area contributed by atoms with Crippen molar-refractivity contribution in [2.45, 2.75) is 50.7 Å². The van der Waals surface area contributed by atoms with E-state index in [1.807, 2.05) is 24.3 Å². The molecule has 1 fully saturated rings. The number of hydrogen-bond acceptors (Lipinski definition) is 3. The molecule has 1 N–H and O–H groups in total. The molecule has 106 valence electrons. The van der Waals surface area contributed by atoms with E-state index in [0.717, 1.165) is 5.69 Å². The fourth-order valence-electron chi connectivity index (χ4n) is 2.91. The van der Waals surface area contributed by atoms with Gasteiger partial charge in [-0.2, -0.15) is 5.10 Å². The van der Waals surface area contributed by atoms with Gasteiger partial charge in [0.15, 0.2) is 0 Å². The topological polar surface area (TPSA) is 50.9 Å². The van der Waals surface area contributed by atoms with E-state index in [0.29, 0.717) is 18.2 Å². The monoisotopic (exact) mass is 271 g/mol. The summed E-state index contributed by atoms with van der Waals surface area (Å²) in [6, 6.07) is 8.16. The molecule has 3 rings (SSSR count). The molecule has 1 aliphatic rings. The maximum atomic E-state index is 10.2. The lowest BCUT2D eigenvalue weighted by Crippen LogP contribution is -2.14. The van der Waals surface area contributed by atoms with Gasteiger partial charge in [-0.05, 0) is 31.0 Å². The van der Waals surface area contributed by atoms with E-state index >= 15 is 0 Å². The number of aliphatic hydroxyl groups is 1. The summed E-state index contributed by atoms with van der Waals surface area (Å²) in [5.74, 6) is 0. The summed E-state index contributed by atoms with van der Waals surface area (Å²) in [6.07, 6.45) is 10.1. The van der Waals surface area contributed by atoms with Gasteiger partial charge >= 0.3 is 0 Å². The van der Waals surface area contributed by atoms with Crippen LogP contribution in [0.25, 0.3) is 0 Å². The van der Waals surface area contributed by atoms with Gasteiger partial charge in [0.2, 0.25) is 0 Å². The molecule has 2 aromatic rings. The van der Waals surface area contributed by atoms with Crippen molar-refractivity contribution < 1.29 is 5.11 Å². The van der Waals surface area contributed by atoms with Gasteiger partial charge in [-0.25, -0.2) is 0 Å². The first-order valence-corrected chi connectivity index (χ1v) is 7.46. The molecular weight excluding hydrogens is 250 g/mol. The van der Waals surface area contributed by atoms with Crippen molar-refractivity contribution in [1.82, 2.24) is 14.8 Å². The Morgan fingerprint density at radius 3 is 2.80 bits per heavy atom. The average Bonchev–Trinajstić information content (AvgIpc) is 2.97. The van der Waals surface area contributed by atoms with E-state index in [4.69, 9.17) is 0 Å². The maximum Gasteiger partial charge on any atom is 0.102 e. The highest BCUT2D eigenvalue weighted by atomic mass is 16.3. The number of rotatable bonds is 4. The fraction of sp³-hybridized carbons (Fsp3) is 0.500. The van der Waals surface area contributed by atoms with Crippen molar-refractivity contribution in [2.24, 2.45) is 0 Å². The van der Waals surface area contributed by atoms with Crippen molar-refractivity contribution in [3.63, 3.8) is 0 Å². The molecular formula is C16H21N3O. The standard InChI is InChI=1S/C16H21N3O/c20-16(15-8-4-5-10-17-15)12-13-9-11-19(18-13)14-6-2-1-3-7-14/h4-5,8-11,14,16,20H,1-3,6-7,12H2. The van der Waals surface area contributed by atoms with Gasteiger partial charge in [0, 0.05) is 18.8 Å². The van der Waals surface area contributed by atoms with Gasteiger partial charge in [0.1, 0.15) is 6.10 Å². The second kappa shape index (κ2) is 6.18. The van der Waals surface area contributed by atoms with Crippen LogP contribution in [-0.2, 0) is 6.42 Å². The van der Waals surface area contributed by atoms with E-state index in [1.54, 1.807) is 6.20 Å². The molecule has 0 aliphatic heterocycles. The third-order valence-electron chi connectivity index (χ3n) is 4.04. The molecule has 20 heavy (non-hydrogen) atoms. The second-order valence-corrected chi connectivity index (χ2v) is 5.55. The normalized spacial score (nSPS) is 18.1. The van der Waals surface area contributed by atoms with Crippen LogP contribution in [0.2, 0.25) is 0 Å². The fourth-order valence-corrected chi connectivity index (χ4v) is 2.91. The zero-order valence-electron chi connectivity index (χ0n) is 11.7. The lowest BCUT2D eigenvalue weighted by atomic mass is 9.96. The number of aliphatic hydroxyl groups excluding tert-OH is 1. The Bertz CT molecular complexity index is 532. The van der Waals surface area contributed by atoms with Crippen LogP contribution < -0.4 is 0 Å². The lowest BCUT2D eigenvalue weighted by molar-refractivity contribution is 0.172. The van der Waals surface area contributed by atoms with Crippen LogP contribution in [0.15, 0.2) is 36.7 Å². The minimum atomic E-state index is -0.578. The number of pyridine rings is 1. The highest BCUT2D eigenvalue weighted by molar-refractivity contribution is 5.11. The summed E-state index contributed by atoms with van der Waals surface area (Å²) in [6.45, 7) is 0. The van der Waals surface area contributed by atoms with Crippen LogP contribution >= 0.6 is 0 Å². The van der Waals surface area contributed by atoms with Crippen molar-refractivity contribution in [1.29, 1.82) is 0 Å². The molecule has 0 spiro atoms. The molecule has 1 atom stereocenters. The van der Waals surface area contributed by atoms with E-state index in [1.165, 1.54) is 32.1 Å². The number of aromatic nitrogens is 3. The smallest absolute Gasteiger partial charge is 0.102 e. The Morgan fingerprint density at radius 1 is 1.20 bits per heavy atom.